The van der Waals surface area contributed by atoms with Gasteiger partial charge in [0, 0.05) is 0 Å². The van der Waals surface area contributed by atoms with Gasteiger partial charge in [-0.2, -0.15) is 0 Å². The summed E-state index contributed by atoms with van der Waals surface area (Å²) in [6, 6.07) is -0.237. The molecule has 1 N–H and O–H groups in total. The number of aliphatic hydroxyl groups excluding tert-OH is 1. The molecule has 5 heteroatoms. The van der Waals surface area contributed by atoms with Crippen molar-refractivity contribution in [1.29, 1.82) is 0 Å². The van der Waals surface area contributed by atoms with Gasteiger partial charge in [-0.25, -0.2) is 9.69 Å². The SMILES string of the molecule is CC[C@@H](O)[C@@H](C(=O)N1C(=O)OC[C@@H]1C(C)C)C1=CCCC1. The van der Waals surface area contributed by atoms with Crippen molar-refractivity contribution in [3.8, 4) is 0 Å². The molecule has 1 aliphatic carbocycles. The summed E-state index contributed by atoms with van der Waals surface area (Å²) in [5.41, 5.74) is 0.969. The van der Waals surface area contributed by atoms with E-state index in [1.54, 1.807) is 0 Å². The van der Waals surface area contributed by atoms with Gasteiger partial charge in [-0.15, -0.1) is 0 Å². The van der Waals surface area contributed by atoms with Crippen LogP contribution < -0.4 is 0 Å². The number of cyclic esters (lactones) is 1. The normalized spacial score (nSPS) is 25.0. The first kappa shape index (κ1) is 16.0. The third-order valence-electron chi connectivity index (χ3n) is 4.46. The first-order valence-corrected chi connectivity index (χ1v) is 7.84. The fourth-order valence-corrected chi connectivity index (χ4v) is 3.11. The molecule has 2 aliphatic rings. The molecule has 0 unspecified atom stereocenters. The number of rotatable bonds is 5. The minimum absolute atomic E-state index is 0.136. The molecule has 1 heterocycles. The standard InChI is InChI=1S/C16H25NO4/c1-4-13(18)14(11-7-5-6-8-11)15(19)17-12(10(2)3)9-21-16(17)20/h7,10,12-14,18H,4-6,8-9H2,1-3H3/t12-,13-,14+/m1/s1. The zero-order valence-electron chi connectivity index (χ0n) is 13.0. The number of aliphatic hydroxyl groups is 1. The van der Waals surface area contributed by atoms with Gasteiger partial charge >= 0.3 is 6.09 Å². The monoisotopic (exact) mass is 295 g/mol. The fraction of sp³-hybridized carbons (Fsp3) is 0.750. The van der Waals surface area contributed by atoms with E-state index in [-0.39, 0.29) is 24.5 Å². The highest BCUT2D eigenvalue weighted by Gasteiger charge is 2.44. The lowest BCUT2D eigenvalue weighted by atomic mass is 9.89. The van der Waals surface area contributed by atoms with Crippen LogP contribution >= 0.6 is 0 Å². The molecule has 0 bridgehead atoms. The van der Waals surface area contributed by atoms with Crippen molar-refractivity contribution in [3.05, 3.63) is 11.6 Å². The summed E-state index contributed by atoms with van der Waals surface area (Å²) < 4.78 is 5.05. The number of hydrogen-bond acceptors (Lipinski definition) is 4. The van der Waals surface area contributed by atoms with E-state index in [2.05, 4.69) is 0 Å². The van der Waals surface area contributed by atoms with E-state index in [0.29, 0.717) is 6.42 Å². The van der Waals surface area contributed by atoms with Gasteiger partial charge in [-0.1, -0.05) is 32.4 Å². The highest BCUT2D eigenvalue weighted by molar-refractivity contribution is 5.96. The summed E-state index contributed by atoms with van der Waals surface area (Å²) in [7, 11) is 0. The van der Waals surface area contributed by atoms with E-state index >= 15 is 0 Å². The van der Waals surface area contributed by atoms with Crippen molar-refractivity contribution >= 4 is 12.0 Å². The van der Waals surface area contributed by atoms with Crippen molar-refractivity contribution in [2.24, 2.45) is 11.8 Å². The smallest absolute Gasteiger partial charge is 0.417 e. The Hall–Kier alpha value is -1.36. The Balaban J connectivity index is 2.26. The van der Waals surface area contributed by atoms with Crippen LogP contribution in [0.25, 0.3) is 0 Å². The van der Waals surface area contributed by atoms with Gasteiger partial charge in [0.15, 0.2) is 0 Å². The topological polar surface area (TPSA) is 66.8 Å². The lowest BCUT2D eigenvalue weighted by molar-refractivity contribution is -0.136. The largest absolute Gasteiger partial charge is 0.447 e. The molecule has 0 aromatic rings. The summed E-state index contributed by atoms with van der Waals surface area (Å²) in [6.45, 7) is 6.03. The molecule has 2 amide bonds. The predicted octanol–water partition coefficient (Wildman–Crippen LogP) is 2.49. The van der Waals surface area contributed by atoms with Gasteiger partial charge in [-0.3, -0.25) is 4.79 Å². The molecule has 0 saturated carbocycles. The second-order valence-electron chi connectivity index (χ2n) is 6.22. The molecular formula is C16H25NO4. The van der Waals surface area contributed by atoms with Crippen LogP contribution in [-0.4, -0.2) is 40.8 Å². The third kappa shape index (κ3) is 3.12. The van der Waals surface area contributed by atoms with Gasteiger partial charge in [-0.05, 0) is 31.6 Å². The van der Waals surface area contributed by atoms with Gasteiger partial charge in [0.05, 0.1) is 18.1 Å². The van der Waals surface area contributed by atoms with Crippen LogP contribution in [0.15, 0.2) is 11.6 Å². The molecule has 0 aromatic heterocycles. The van der Waals surface area contributed by atoms with E-state index in [1.807, 2.05) is 26.8 Å². The van der Waals surface area contributed by atoms with Crippen molar-refractivity contribution in [2.45, 2.75) is 58.6 Å². The van der Waals surface area contributed by atoms with Crippen LogP contribution in [0.3, 0.4) is 0 Å². The molecule has 0 aromatic carbocycles. The summed E-state index contributed by atoms with van der Waals surface area (Å²) in [6.07, 6.45) is 3.97. The van der Waals surface area contributed by atoms with E-state index < -0.39 is 18.1 Å². The minimum Gasteiger partial charge on any atom is -0.447 e. The van der Waals surface area contributed by atoms with Crippen LogP contribution in [0.5, 0.6) is 0 Å². The summed E-state index contributed by atoms with van der Waals surface area (Å²) in [5, 5.41) is 10.3. The maximum absolute atomic E-state index is 12.9. The molecule has 3 atom stereocenters. The molecule has 0 radical (unpaired) electrons. The Bertz CT molecular complexity index is 444. The maximum atomic E-state index is 12.9. The highest BCUT2D eigenvalue weighted by Crippen LogP contribution is 2.32. The van der Waals surface area contributed by atoms with Gasteiger partial charge < -0.3 is 9.84 Å². The van der Waals surface area contributed by atoms with E-state index in [0.717, 1.165) is 24.8 Å². The van der Waals surface area contributed by atoms with E-state index in [1.165, 1.54) is 4.90 Å². The Morgan fingerprint density at radius 2 is 2.24 bits per heavy atom. The van der Waals surface area contributed by atoms with E-state index in [4.69, 9.17) is 4.74 Å². The van der Waals surface area contributed by atoms with Gasteiger partial charge in [0.2, 0.25) is 5.91 Å². The first-order chi connectivity index (χ1) is 9.97. The first-order valence-electron chi connectivity index (χ1n) is 7.84. The van der Waals surface area contributed by atoms with Crippen molar-refractivity contribution in [1.82, 2.24) is 4.90 Å². The summed E-state index contributed by atoms with van der Waals surface area (Å²) >= 11 is 0. The Labute approximate surface area is 126 Å². The number of carbonyl (C=O) groups is 2. The van der Waals surface area contributed by atoms with Crippen LogP contribution in [0.2, 0.25) is 0 Å². The van der Waals surface area contributed by atoms with Gasteiger partial charge in [0.25, 0.3) is 0 Å². The molecule has 21 heavy (non-hydrogen) atoms. The summed E-state index contributed by atoms with van der Waals surface area (Å²) in [4.78, 5) is 26.1. The van der Waals surface area contributed by atoms with Crippen molar-refractivity contribution in [3.63, 3.8) is 0 Å². The van der Waals surface area contributed by atoms with Crippen LogP contribution in [0.4, 0.5) is 4.79 Å². The van der Waals surface area contributed by atoms with Gasteiger partial charge in [0.1, 0.15) is 6.61 Å². The van der Waals surface area contributed by atoms with Crippen molar-refractivity contribution < 1.29 is 19.4 Å². The highest BCUT2D eigenvalue weighted by atomic mass is 16.6. The molecule has 1 fully saturated rings. The average molecular weight is 295 g/mol. The molecule has 0 spiro atoms. The van der Waals surface area contributed by atoms with E-state index in [9.17, 15) is 14.7 Å². The lowest BCUT2D eigenvalue weighted by Crippen LogP contribution is -2.48. The Kier molecular flexibility index (Phi) is 5.04. The fourth-order valence-electron chi connectivity index (χ4n) is 3.11. The zero-order chi connectivity index (χ0) is 15.6. The lowest BCUT2D eigenvalue weighted by Gasteiger charge is -2.29. The maximum Gasteiger partial charge on any atom is 0.417 e. The second kappa shape index (κ2) is 6.60. The molecule has 1 saturated heterocycles. The van der Waals surface area contributed by atoms with Crippen LogP contribution in [-0.2, 0) is 9.53 Å². The number of ether oxygens (including phenoxy) is 1. The average Bonchev–Trinajstić information content (AvgIpc) is 3.08. The number of amides is 2. The Morgan fingerprint density at radius 1 is 1.52 bits per heavy atom. The predicted molar refractivity (Wildman–Crippen MR) is 78.5 cm³/mol. The molecule has 2 rings (SSSR count). The quantitative estimate of drug-likeness (QED) is 0.791. The van der Waals surface area contributed by atoms with Crippen molar-refractivity contribution in [2.75, 3.05) is 6.61 Å². The number of allylic oxidation sites excluding steroid dienone is 1. The van der Waals surface area contributed by atoms with Crippen LogP contribution in [0, 0.1) is 11.8 Å². The summed E-state index contributed by atoms with van der Waals surface area (Å²) in [5.74, 6) is -0.777. The number of imide groups is 1. The Morgan fingerprint density at radius 3 is 2.76 bits per heavy atom. The van der Waals surface area contributed by atoms with Crippen LogP contribution in [0.1, 0.15) is 46.5 Å². The second-order valence-corrected chi connectivity index (χ2v) is 6.22. The number of carbonyl (C=O) groups excluding carboxylic acids is 2. The molecule has 118 valence electrons. The molecular weight excluding hydrogens is 270 g/mol. The third-order valence-corrected chi connectivity index (χ3v) is 4.46. The molecule has 5 nitrogen and oxygen atoms in total. The zero-order valence-corrected chi connectivity index (χ0v) is 13.0. The number of nitrogens with zero attached hydrogens (tertiary/aromatic N) is 1. The minimum atomic E-state index is -0.747. The number of hydrogen-bond donors (Lipinski definition) is 1. The molecule has 1 aliphatic heterocycles.